The number of carbonyl (C=O) groups is 2. The van der Waals surface area contributed by atoms with Crippen LogP contribution in [-0.2, 0) is 4.79 Å². The van der Waals surface area contributed by atoms with Crippen molar-refractivity contribution in [1.29, 1.82) is 0 Å². The summed E-state index contributed by atoms with van der Waals surface area (Å²) in [5.74, 6) is 1.49. The lowest BCUT2D eigenvalue weighted by atomic mass is 9.93. The summed E-state index contributed by atoms with van der Waals surface area (Å²) in [6.45, 7) is 4.04. The number of piperidine rings is 1. The zero-order valence-electron chi connectivity index (χ0n) is 12.1. The Kier molecular flexibility index (Phi) is 3.82. The second-order valence-electron chi connectivity index (χ2n) is 5.43. The first-order valence-corrected chi connectivity index (χ1v) is 7.40. The Morgan fingerprint density at radius 1 is 1.29 bits per heavy atom. The van der Waals surface area contributed by atoms with Crippen LogP contribution in [0.25, 0.3) is 0 Å². The van der Waals surface area contributed by atoms with Crippen LogP contribution in [0.15, 0.2) is 18.2 Å². The Hall–Kier alpha value is -2.04. The highest BCUT2D eigenvalue weighted by molar-refractivity contribution is 5.96. The minimum absolute atomic E-state index is 0.0279. The molecule has 2 aliphatic heterocycles. The molecular weight excluding hydrogens is 270 g/mol. The zero-order chi connectivity index (χ0) is 14.8. The number of ether oxygens (including phenoxy) is 2. The van der Waals surface area contributed by atoms with Crippen molar-refractivity contribution in [1.82, 2.24) is 4.90 Å². The summed E-state index contributed by atoms with van der Waals surface area (Å²) in [4.78, 5) is 26.1. The number of likely N-dealkylation sites (tertiary alicyclic amines) is 1. The third-order valence-electron chi connectivity index (χ3n) is 4.09. The van der Waals surface area contributed by atoms with Crippen molar-refractivity contribution in [2.75, 3.05) is 26.3 Å². The Labute approximate surface area is 123 Å². The third-order valence-corrected chi connectivity index (χ3v) is 4.09. The molecule has 0 aromatic heterocycles. The number of fused-ring (bicyclic) bond motifs is 1. The molecule has 0 aliphatic carbocycles. The van der Waals surface area contributed by atoms with Crippen LogP contribution in [-0.4, -0.2) is 42.9 Å². The van der Waals surface area contributed by atoms with Gasteiger partial charge in [-0.1, -0.05) is 6.92 Å². The molecule has 1 saturated heterocycles. The van der Waals surface area contributed by atoms with E-state index in [1.807, 2.05) is 6.92 Å². The van der Waals surface area contributed by atoms with E-state index >= 15 is 0 Å². The Balaban J connectivity index is 1.77. The number of ketones is 1. The van der Waals surface area contributed by atoms with Gasteiger partial charge in [0, 0.05) is 31.0 Å². The molecule has 1 aromatic carbocycles. The lowest BCUT2D eigenvalue weighted by molar-refractivity contribution is -0.125. The van der Waals surface area contributed by atoms with Gasteiger partial charge in [-0.15, -0.1) is 0 Å². The van der Waals surface area contributed by atoms with Gasteiger partial charge < -0.3 is 14.4 Å². The molecule has 5 nitrogen and oxygen atoms in total. The minimum Gasteiger partial charge on any atom is -0.486 e. The predicted octanol–water partition coefficient (Wildman–Crippen LogP) is 1.90. The van der Waals surface area contributed by atoms with Crippen LogP contribution < -0.4 is 9.47 Å². The van der Waals surface area contributed by atoms with Crippen LogP contribution in [0, 0.1) is 5.92 Å². The minimum atomic E-state index is -0.0436. The molecule has 1 atom stereocenters. The van der Waals surface area contributed by atoms with E-state index < -0.39 is 0 Å². The van der Waals surface area contributed by atoms with E-state index in [4.69, 9.17) is 9.47 Å². The predicted molar refractivity (Wildman–Crippen MR) is 76.7 cm³/mol. The average molecular weight is 289 g/mol. The van der Waals surface area contributed by atoms with E-state index in [0.29, 0.717) is 49.8 Å². The van der Waals surface area contributed by atoms with Gasteiger partial charge in [-0.05, 0) is 24.6 Å². The van der Waals surface area contributed by atoms with Gasteiger partial charge >= 0.3 is 0 Å². The molecule has 2 heterocycles. The summed E-state index contributed by atoms with van der Waals surface area (Å²) < 4.78 is 11.0. The SMILES string of the molecule is CCC1CN(C(=O)c2ccc3c(c2)OCCO3)CCC1=O. The maximum absolute atomic E-state index is 12.6. The number of benzene rings is 1. The van der Waals surface area contributed by atoms with Crippen molar-refractivity contribution in [2.24, 2.45) is 5.92 Å². The van der Waals surface area contributed by atoms with Crippen molar-refractivity contribution < 1.29 is 19.1 Å². The monoisotopic (exact) mass is 289 g/mol. The van der Waals surface area contributed by atoms with Gasteiger partial charge in [0.2, 0.25) is 0 Å². The molecule has 3 rings (SSSR count). The molecule has 0 radical (unpaired) electrons. The van der Waals surface area contributed by atoms with Crippen LogP contribution >= 0.6 is 0 Å². The average Bonchev–Trinajstić information content (AvgIpc) is 2.54. The van der Waals surface area contributed by atoms with Crippen LogP contribution in [0.4, 0.5) is 0 Å². The Bertz CT molecular complexity index is 569. The molecule has 0 N–H and O–H groups in total. The van der Waals surface area contributed by atoms with Crippen molar-refractivity contribution in [3.05, 3.63) is 23.8 Å². The van der Waals surface area contributed by atoms with Gasteiger partial charge in [-0.3, -0.25) is 9.59 Å². The third kappa shape index (κ3) is 2.73. The van der Waals surface area contributed by atoms with E-state index in [-0.39, 0.29) is 17.6 Å². The van der Waals surface area contributed by atoms with Crippen LogP contribution in [0.5, 0.6) is 11.5 Å². The maximum atomic E-state index is 12.6. The van der Waals surface area contributed by atoms with E-state index in [2.05, 4.69) is 0 Å². The summed E-state index contributed by atoms with van der Waals surface area (Å²) >= 11 is 0. The number of rotatable bonds is 2. The summed E-state index contributed by atoms with van der Waals surface area (Å²) in [6.07, 6.45) is 1.23. The summed E-state index contributed by atoms with van der Waals surface area (Å²) in [7, 11) is 0. The van der Waals surface area contributed by atoms with Gasteiger partial charge in [0.1, 0.15) is 19.0 Å². The fourth-order valence-corrected chi connectivity index (χ4v) is 2.81. The molecule has 1 aromatic rings. The topological polar surface area (TPSA) is 55.8 Å². The van der Waals surface area contributed by atoms with E-state index in [9.17, 15) is 9.59 Å². The van der Waals surface area contributed by atoms with Gasteiger partial charge in [0.15, 0.2) is 11.5 Å². The highest BCUT2D eigenvalue weighted by Gasteiger charge is 2.29. The molecular formula is C16H19NO4. The molecule has 1 unspecified atom stereocenters. The summed E-state index contributed by atoms with van der Waals surface area (Å²) in [5, 5.41) is 0. The molecule has 21 heavy (non-hydrogen) atoms. The largest absolute Gasteiger partial charge is 0.486 e. The number of carbonyl (C=O) groups excluding carboxylic acids is 2. The highest BCUT2D eigenvalue weighted by Crippen LogP contribution is 2.31. The first kappa shape index (κ1) is 13.9. The highest BCUT2D eigenvalue weighted by atomic mass is 16.6. The number of hydrogen-bond acceptors (Lipinski definition) is 4. The number of hydrogen-bond donors (Lipinski definition) is 0. The van der Waals surface area contributed by atoms with Gasteiger partial charge in [0.05, 0.1) is 0 Å². The summed E-state index contributed by atoms with van der Waals surface area (Å²) in [5.41, 5.74) is 0.587. The number of amides is 1. The molecule has 1 amide bonds. The lowest BCUT2D eigenvalue weighted by Crippen LogP contribution is -2.43. The normalized spacial score (nSPS) is 21.3. The quantitative estimate of drug-likeness (QED) is 0.834. The van der Waals surface area contributed by atoms with Gasteiger partial charge in [-0.25, -0.2) is 0 Å². The van der Waals surface area contributed by atoms with Crippen molar-refractivity contribution >= 4 is 11.7 Å². The molecule has 0 saturated carbocycles. The molecule has 2 aliphatic rings. The maximum Gasteiger partial charge on any atom is 0.254 e. The Morgan fingerprint density at radius 3 is 2.81 bits per heavy atom. The van der Waals surface area contributed by atoms with E-state index in [0.717, 1.165) is 6.42 Å². The molecule has 0 spiro atoms. The second-order valence-corrected chi connectivity index (χ2v) is 5.43. The van der Waals surface area contributed by atoms with Crippen LogP contribution in [0.3, 0.4) is 0 Å². The standard InChI is InChI=1S/C16H19NO4/c1-2-11-10-17(6-5-13(11)18)16(19)12-3-4-14-15(9-12)21-8-7-20-14/h3-4,9,11H,2,5-8,10H2,1H3. The fourth-order valence-electron chi connectivity index (χ4n) is 2.81. The van der Waals surface area contributed by atoms with Crippen molar-refractivity contribution in [2.45, 2.75) is 19.8 Å². The smallest absolute Gasteiger partial charge is 0.254 e. The molecule has 0 bridgehead atoms. The van der Waals surface area contributed by atoms with Crippen molar-refractivity contribution in [3.63, 3.8) is 0 Å². The lowest BCUT2D eigenvalue weighted by Gasteiger charge is -2.31. The molecule has 1 fully saturated rings. The Morgan fingerprint density at radius 2 is 2.05 bits per heavy atom. The first-order valence-electron chi connectivity index (χ1n) is 7.40. The van der Waals surface area contributed by atoms with Crippen molar-refractivity contribution in [3.8, 4) is 11.5 Å². The van der Waals surface area contributed by atoms with Gasteiger partial charge in [-0.2, -0.15) is 0 Å². The molecule has 5 heteroatoms. The van der Waals surface area contributed by atoms with Crippen LogP contribution in [0.2, 0.25) is 0 Å². The second kappa shape index (κ2) is 5.76. The first-order chi connectivity index (χ1) is 10.2. The fraction of sp³-hybridized carbons (Fsp3) is 0.500. The summed E-state index contributed by atoms with van der Waals surface area (Å²) in [6, 6.07) is 5.26. The van der Waals surface area contributed by atoms with Crippen LogP contribution in [0.1, 0.15) is 30.1 Å². The number of nitrogens with zero attached hydrogens (tertiary/aromatic N) is 1. The molecule has 112 valence electrons. The zero-order valence-corrected chi connectivity index (χ0v) is 12.1. The van der Waals surface area contributed by atoms with E-state index in [1.165, 1.54) is 0 Å². The number of Topliss-reactive ketones (excluding diaryl/α,β-unsaturated/α-hetero) is 1. The van der Waals surface area contributed by atoms with E-state index in [1.54, 1.807) is 23.1 Å². The van der Waals surface area contributed by atoms with Gasteiger partial charge in [0.25, 0.3) is 5.91 Å².